The van der Waals surface area contributed by atoms with Crippen molar-refractivity contribution in [3.63, 3.8) is 0 Å². The third-order valence-corrected chi connectivity index (χ3v) is 2.55. The van der Waals surface area contributed by atoms with Gasteiger partial charge in [-0.05, 0) is 54.1 Å². The van der Waals surface area contributed by atoms with E-state index < -0.39 is 6.61 Å². The first kappa shape index (κ1) is 13.5. The molecule has 19 heavy (non-hydrogen) atoms. The molecule has 0 N–H and O–H groups in total. The molecule has 0 aliphatic carbocycles. The first-order chi connectivity index (χ1) is 9.13. The van der Waals surface area contributed by atoms with Gasteiger partial charge in [0.1, 0.15) is 5.75 Å². The SMILES string of the molecule is FC(F)Oc1ccc(C=Nc2ccc(Cl)cc2)cc1. The second-order valence-corrected chi connectivity index (χ2v) is 4.12. The van der Waals surface area contributed by atoms with Crippen molar-refractivity contribution in [3.05, 3.63) is 59.1 Å². The molecule has 2 aromatic rings. The number of aliphatic imine (C=N–C) groups is 1. The van der Waals surface area contributed by atoms with Crippen molar-refractivity contribution in [2.24, 2.45) is 4.99 Å². The van der Waals surface area contributed by atoms with Crippen molar-refractivity contribution in [3.8, 4) is 5.75 Å². The van der Waals surface area contributed by atoms with Crippen LogP contribution >= 0.6 is 11.6 Å². The van der Waals surface area contributed by atoms with Crippen LogP contribution in [0, 0.1) is 0 Å². The third-order valence-electron chi connectivity index (χ3n) is 2.29. The third kappa shape index (κ3) is 4.34. The minimum atomic E-state index is -2.81. The summed E-state index contributed by atoms with van der Waals surface area (Å²) < 4.78 is 28.2. The Hall–Kier alpha value is -1.94. The normalized spacial score (nSPS) is 11.2. The van der Waals surface area contributed by atoms with Crippen LogP contribution in [0.15, 0.2) is 53.5 Å². The van der Waals surface area contributed by atoms with E-state index in [1.54, 1.807) is 42.6 Å². The van der Waals surface area contributed by atoms with Gasteiger partial charge in [-0.1, -0.05) is 11.6 Å². The largest absolute Gasteiger partial charge is 0.435 e. The molecule has 0 radical (unpaired) electrons. The molecule has 0 saturated heterocycles. The van der Waals surface area contributed by atoms with Gasteiger partial charge in [-0.2, -0.15) is 8.78 Å². The van der Waals surface area contributed by atoms with Gasteiger partial charge in [-0.25, -0.2) is 0 Å². The Labute approximate surface area is 114 Å². The number of benzene rings is 2. The van der Waals surface area contributed by atoms with Crippen molar-refractivity contribution in [1.29, 1.82) is 0 Å². The fourth-order valence-electron chi connectivity index (χ4n) is 1.41. The summed E-state index contributed by atoms with van der Waals surface area (Å²) in [5.74, 6) is 0.124. The summed E-state index contributed by atoms with van der Waals surface area (Å²) in [5, 5.41) is 0.646. The van der Waals surface area contributed by atoms with E-state index in [9.17, 15) is 8.78 Å². The topological polar surface area (TPSA) is 21.6 Å². The Balaban J connectivity index is 2.04. The van der Waals surface area contributed by atoms with Crippen molar-refractivity contribution in [2.45, 2.75) is 6.61 Å². The zero-order valence-electron chi connectivity index (χ0n) is 9.76. The molecule has 2 aromatic carbocycles. The predicted octanol–water partition coefficient (Wildman–Crippen LogP) is 4.69. The molecule has 0 aliphatic heterocycles. The standard InChI is InChI=1S/C14H10ClF2NO/c15-11-3-5-12(6-4-11)18-9-10-1-7-13(8-2-10)19-14(16)17/h1-9,14H. The maximum Gasteiger partial charge on any atom is 0.387 e. The van der Waals surface area contributed by atoms with E-state index in [0.29, 0.717) is 5.02 Å². The summed E-state index contributed by atoms with van der Waals surface area (Å²) in [6.45, 7) is -2.81. The molecule has 2 nitrogen and oxygen atoms in total. The van der Waals surface area contributed by atoms with E-state index in [1.807, 2.05) is 0 Å². The number of nitrogens with zero attached hydrogens (tertiary/aromatic N) is 1. The van der Waals surface area contributed by atoms with Gasteiger partial charge in [0.25, 0.3) is 0 Å². The second-order valence-electron chi connectivity index (χ2n) is 3.68. The molecule has 0 bridgehead atoms. The van der Waals surface area contributed by atoms with Gasteiger partial charge in [0, 0.05) is 11.2 Å². The molecule has 0 saturated carbocycles. The van der Waals surface area contributed by atoms with Crippen molar-refractivity contribution >= 4 is 23.5 Å². The highest BCUT2D eigenvalue weighted by molar-refractivity contribution is 6.30. The van der Waals surface area contributed by atoms with Gasteiger partial charge in [-0.3, -0.25) is 4.99 Å². The van der Waals surface area contributed by atoms with Crippen LogP contribution in [-0.2, 0) is 0 Å². The van der Waals surface area contributed by atoms with Crippen LogP contribution in [0.1, 0.15) is 5.56 Å². The van der Waals surface area contributed by atoms with E-state index >= 15 is 0 Å². The van der Waals surface area contributed by atoms with Crippen LogP contribution < -0.4 is 4.74 Å². The second kappa shape index (κ2) is 6.29. The van der Waals surface area contributed by atoms with Gasteiger partial charge in [0.05, 0.1) is 5.69 Å². The fraction of sp³-hybridized carbons (Fsp3) is 0.0714. The molecule has 5 heteroatoms. The van der Waals surface area contributed by atoms with Crippen LogP contribution in [0.2, 0.25) is 5.02 Å². The summed E-state index contributed by atoms with van der Waals surface area (Å²) in [5.41, 5.74) is 1.55. The quantitative estimate of drug-likeness (QED) is 0.745. The van der Waals surface area contributed by atoms with Gasteiger partial charge in [0.15, 0.2) is 0 Å². The number of halogens is 3. The smallest absolute Gasteiger partial charge is 0.387 e. The lowest BCUT2D eigenvalue weighted by atomic mass is 10.2. The monoisotopic (exact) mass is 281 g/mol. The molecule has 0 atom stereocenters. The number of alkyl halides is 2. The first-order valence-corrected chi connectivity index (χ1v) is 5.86. The van der Waals surface area contributed by atoms with Crippen molar-refractivity contribution < 1.29 is 13.5 Å². The van der Waals surface area contributed by atoms with Gasteiger partial charge in [-0.15, -0.1) is 0 Å². The number of rotatable bonds is 4. The summed E-state index contributed by atoms with van der Waals surface area (Å²) in [4.78, 5) is 4.24. The average Bonchev–Trinajstić information content (AvgIpc) is 2.39. The molecule has 0 amide bonds. The highest BCUT2D eigenvalue weighted by Gasteiger charge is 2.02. The van der Waals surface area contributed by atoms with Crippen LogP contribution in [0.25, 0.3) is 0 Å². The number of hydrogen-bond donors (Lipinski definition) is 0. The molecule has 0 fully saturated rings. The average molecular weight is 282 g/mol. The molecule has 0 heterocycles. The maximum absolute atomic E-state index is 12.0. The van der Waals surface area contributed by atoms with Gasteiger partial charge < -0.3 is 4.74 Å². The minimum absolute atomic E-state index is 0.124. The lowest BCUT2D eigenvalue weighted by molar-refractivity contribution is -0.0498. The maximum atomic E-state index is 12.0. The van der Waals surface area contributed by atoms with E-state index in [4.69, 9.17) is 11.6 Å². The Morgan fingerprint density at radius 2 is 1.63 bits per heavy atom. The van der Waals surface area contributed by atoms with Crippen LogP contribution in [0.5, 0.6) is 5.75 Å². The highest BCUT2D eigenvalue weighted by atomic mass is 35.5. The number of ether oxygens (including phenoxy) is 1. The van der Waals surface area contributed by atoms with Crippen molar-refractivity contribution in [1.82, 2.24) is 0 Å². The molecular weight excluding hydrogens is 272 g/mol. The summed E-state index contributed by atoms with van der Waals surface area (Å²) in [6, 6.07) is 13.3. The molecule has 0 aromatic heterocycles. The molecule has 0 aliphatic rings. The summed E-state index contributed by atoms with van der Waals surface area (Å²) >= 11 is 5.76. The van der Waals surface area contributed by atoms with Crippen LogP contribution in [0.4, 0.5) is 14.5 Å². The molecule has 0 spiro atoms. The van der Waals surface area contributed by atoms with Crippen molar-refractivity contribution in [2.75, 3.05) is 0 Å². The Bertz CT molecular complexity index is 553. The Morgan fingerprint density at radius 1 is 1.00 bits per heavy atom. The molecular formula is C14H10ClF2NO. The van der Waals surface area contributed by atoms with E-state index in [1.165, 1.54) is 12.1 Å². The van der Waals surface area contributed by atoms with Crippen LogP contribution in [-0.4, -0.2) is 12.8 Å². The van der Waals surface area contributed by atoms with Crippen LogP contribution in [0.3, 0.4) is 0 Å². The molecule has 2 rings (SSSR count). The Kier molecular flexibility index (Phi) is 4.47. The summed E-state index contributed by atoms with van der Waals surface area (Å²) in [7, 11) is 0. The minimum Gasteiger partial charge on any atom is -0.435 e. The molecule has 0 unspecified atom stereocenters. The van der Waals surface area contributed by atoms with E-state index in [2.05, 4.69) is 9.73 Å². The predicted molar refractivity (Wildman–Crippen MR) is 71.8 cm³/mol. The fourth-order valence-corrected chi connectivity index (χ4v) is 1.54. The first-order valence-electron chi connectivity index (χ1n) is 5.48. The lowest BCUT2D eigenvalue weighted by Crippen LogP contribution is -2.01. The van der Waals surface area contributed by atoms with E-state index in [0.717, 1.165) is 11.3 Å². The van der Waals surface area contributed by atoms with Gasteiger partial charge in [0.2, 0.25) is 0 Å². The highest BCUT2D eigenvalue weighted by Crippen LogP contribution is 2.17. The summed E-state index contributed by atoms with van der Waals surface area (Å²) in [6.07, 6.45) is 1.63. The van der Waals surface area contributed by atoms with Gasteiger partial charge >= 0.3 is 6.61 Å². The van der Waals surface area contributed by atoms with E-state index in [-0.39, 0.29) is 5.75 Å². The lowest BCUT2D eigenvalue weighted by Gasteiger charge is -2.03. The zero-order valence-corrected chi connectivity index (χ0v) is 10.5. The molecule has 98 valence electrons. The number of hydrogen-bond acceptors (Lipinski definition) is 2. The Morgan fingerprint density at radius 3 is 2.21 bits per heavy atom. The zero-order chi connectivity index (χ0) is 13.7.